The molecule has 1 fully saturated rings. The molecule has 0 atom stereocenters. The van der Waals surface area contributed by atoms with Gasteiger partial charge < -0.3 is 19.7 Å². The average Bonchev–Trinajstić information content (AvgIpc) is 3.27. The van der Waals surface area contributed by atoms with Crippen LogP contribution in [0.3, 0.4) is 0 Å². The first-order valence-electron chi connectivity index (χ1n) is 11.2. The Hall–Kier alpha value is -3.14. The number of carbonyl (C=O) groups is 1. The number of rotatable bonds is 8. The number of fused-ring (bicyclic) bond motifs is 1. The van der Waals surface area contributed by atoms with Gasteiger partial charge in [0.1, 0.15) is 11.5 Å². The summed E-state index contributed by atoms with van der Waals surface area (Å²) in [6, 6.07) is 7.10. The molecule has 1 N–H and O–H groups in total. The van der Waals surface area contributed by atoms with Gasteiger partial charge >= 0.3 is 0 Å². The van der Waals surface area contributed by atoms with Crippen LogP contribution in [0.15, 0.2) is 29.1 Å². The Morgan fingerprint density at radius 2 is 2.00 bits per heavy atom. The summed E-state index contributed by atoms with van der Waals surface area (Å²) in [5, 5.41) is 8.28. The van der Waals surface area contributed by atoms with Crippen molar-refractivity contribution in [1.29, 1.82) is 0 Å². The summed E-state index contributed by atoms with van der Waals surface area (Å²) >= 11 is 1.42. The molecule has 2 aromatic heterocycles. The molecule has 0 bridgehead atoms. The molecule has 3 heterocycles. The molecule has 0 aliphatic carbocycles. The zero-order valence-corrected chi connectivity index (χ0v) is 20.0. The number of nitrogens with zero attached hydrogens (tertiary/aromatic N) is 4. The van der Waals surface area contributed by atoms with E-state index in [1.165, 1.54) is 15.9 Å². The Morgan fingerprint density at radius 3 is 2.70 bits per heavy atom. The van der Waals surface area contributed by atoms with Crippen molar-refractivity contribution in [2.75, 3.05) is 32.2 Å². The molecular weight excluding hydrogens is 442 g/mol. The van der Waals surface area contributed by atoms with Crippen LogP contribution >= 0.6 is 11.3 Å². The third-order valence-corrected chi connectivity index (χ3v) is 6.84. The molecule has 1 saturated heterocycles. The quantitative estimate of drug-likeness (QED) is 0.539. The Labute approximate surface area is 196 Å². The van der Waals surface area contributed by atoms with Crippen LogP contribution in [0.25, 0.3) is 4.96 Å². The SMILES string of the molecule is CCCc1cc(=O)n2nc(N3CCC(C(=O)NCc4cc(OC)ccc4OC)CC3)sc2n1. The predicted octanol–water partition coefficient (Wildman–Crippen LogP) is 2.65. The van der Waals surface area contributed by atoms with Crippen molar-refractivity contribution in [2.24, 2.45) is 5.92 Å². The van der Waals surface area contributed by atoms with Crippen molar-refractivity contribution < 1.29 is 14.3 Å². The molecule has 1 aromatic carbocycles. The molecule has 0 radical (unpaired) electrons. The highest BCUT2D eigenvalue weighted by molar-refractivity contribution is 7.20. The number of aromatic nitrogens is 3. The van der Waals surface area contributed by atoms with Crippen LogP contribution in [-0.2, 0) is 17.8 Å². The van der Waals surface area contributed by atoms with Crippen LogP contribution in [0.5, 0.6) is 11.5 Å². The number of hydrogen-bond donors (Lipinski definition) is 1. The van der Waals surface area contributed by atoms with Crippen molar-refractivity contribution in [2.45, 2.75) is 39.2 Å². The summed E-state index contributed by atoms with van der Waals surface area (Å²) in [5.41, 5.74) is 1.53. The van der Waals surface area contributed by atoms with Crippen molar-refractivity contribution in [1.82, 2.24) is 19.9 Å². The highest BCUT2D eigenvalue weighted by Crippen LogP contribution is 2.28. The standard InChI is InChI=1S/C23H29N5O4S/c1-4-5-17-13-20(29)28-22(25-17)33-23(26-28)27-10-8-15(9-11-27)21(30)24-14-16-12-18(31-2)6-7-19(16)32-3/h6-7,12-13,15H,4-5,8-11,14H2,1-3H3,(H,24,30). The van der Waals surface area contributed by atoms with Gasteiger partial charge in [-0.05, 0) is 37.5 Å². The second kappa shape index (κ2) is 10.2. The Balaban J connectivity index is 1.36. The first kappa shape index (κ1) is 23.0. The van der Waals surface area contributed by atoms with E-state index in [1.54, 1.807) is 20.3 Å². The number of carbonyl (C=O) groups excluding carboxylic acids is 1. The van der Waals surface area contributed by atoms with Crippen molar-refractivity contribution in [3.05, 3.63) is 45.9 Å². The fraction of sp³-hybridized carbons (Fsp3) is 0.478. The van der Waals surface area contributed by atoms with E-state index in [2.05, 4.69) is 27.2 Å². The summed E-state index contributed by atoms with van der Waals surface area (Å²) in [4.78, 5) is 32.5. The summed E-state index contributed by atoms with van der Waals surface area (Å²) in [5.74, 6) is 1.41. The predicted molar refractivity (Wildman–Crippen MR) is 127 cm³/mol. The molecule has 10 heteroatoms. The van der Waals surface area contributed by atoms with E-state index in [1.807, 2.05) is 18.2 Å². The summed E-state index contributed by atoms with van der Waals surface area (Å²) in [6.45, 7) is 3.86. The number of nitrogens with one attached hydrogen (secondary N) is 1. The molecule has 3 aromatic rings. The fourth-order valence-corrected chi connectivity index (χ4v) is 5.02. The van der Waals surface area contributed by atoms with Gasteiger partial charge in [-0.1, -0.05) is 24.7 Å². The Kier molecular flexibility index (Phi) is 7.12. The molecule has 1 aliphatic rings. The van der Waals surface area contributed by atoms with E-state index in [4.69, 9.17) is 9.47 Å². The van der Waals surface area contributed by atoms with Crippen LogP contribution in [0.2, 0.25) is 0 Å². The molecular formula is C23H29N5O4S. The Bertz CT molecular complexity index is 1180. The van der Waals surface area contributed by atoms with Gasteiger partial charge in [0.15, 0.2) is 0 Å². The number of amides is 1. The van der Waals surface area contributed by atoms with Gasteiger partial charge in [0.05, 0.1) is 14.2 Å². The van der Waals surface area contributed by atoms with Crippen LogP contribution in [0.1, 0.15) is 37.4 Å². The summed E-state index contributed by atoms with van der Waals surface area (Å²) in [7, 11) is 3.22. The third kappa shape index (κ3) is 5.11. The van der Waals surface area contributed by atoms with E-state index >= 15 is 0 Å². The topological polar surface area (TPSA) is 98.1 Å². The molecule has 0 unspecified atom stereocenters. The molecule has 0 spiro atoms. The van der Waals surface area contributed by atoms with Crippen molar-refractivity contribution in [3.63, 3.8) is 0 Å². The third-order valence-electron chi connectivity index (χ3n) is 5.87. The maximum atomic E-state index is 12.8. The van der Waals surface area contributed by atoms with Gasteiger partial charge in [-0.3, -0.25) is 9.59 Å². The van der Waals surface area contributed by atoms with E-state index in [0.717, 1.165) is 47.8 Å². The normalized spacial score (nSPS) is 14.5. The molecule has 176 valence electrons. The van der Waals surface area contributed by atoms with E-state index in [-0.39, 0.29) is 17.4 Å². The highest BCUT2D eigenvalue weighted by atomic mass is 32.1. The maximum Gasteiger partial charge on any atom is 0.275 e. The monoisotopic (exact) mass is 471 g/mol. The van der Waals surface area contributed by atoms with Gasteiger partial charge in [-0.15, -0.1) is 5.10 Å². The van der Waals surface area contributed by atoms with Crippen LogP contribution in [-0.4, -0.2) is 47.8 Å². The lowest BCUT2D eigenvalue weighted by molar-refractivity contribution is -0.125. The van der Waals surface area contributed by atoms with Gasteiger partial charge in [-0.25, -0.2) is 4.98 Å². The number of aryl methyl sites for hydroxylation is 1. The number of anilines is 1. The first-order chi connectivity index (χ1) is 16.0. The molecule has 1 amide bonds. The molecule has 33 heavy (non-hydrogen) atoms. The second-order valence-electron chi connectivity index (χ2n) is 8.07. The van der Waals surface area contributed by atoms with Crippen molar-refractivity contribution in [3.8, 4) is 11.5 Å². The molecule has 1 aliphatic heterocycles. The van der Waals surface area contributed by atoms with Crippen LogP contribution in [0, 0.1) is 5.92 Å². The van der Waals surface area contributed by atoms with Gasteiger partial charge in [-0.2, -0.15) is 4.52 Å². The summed E-state index contributed by atoms with van der Waals surface area (Å²) < 4.78 is 12.0. The number of methoxy groups -OCH3 is 2. The molecule has 4 rings (SSSR count). The lowest BCUT2D eigenvalue weighted by atomic mass is 9.96. The maximum absolute atomic E-state index is 12.8. The largest absolute Gasteiger partial charge is 0.497 e. The molecule has 0 saturated carbocycles. The number of hydrogen-bond acceptors (Lipinski definition) is 8. The van der Waals surface area contributed by atoms with Gasteiger partial charge in [0.25, 0.3) is 5.56 Å². The number of benzene rings is 1. The minimum Gasteiger partial charge on any atom is -0.497 e. The van der Waals surface area contributed by atoms with Crippen LogP contribution in [0.4, 0.5) is 5.13 Å². The lowest BCUT2D eigenvalue weighted by Crippen LogP contribution is -2.40. The van der Waals surface area contributed by atoms with E-state index in [0.29, 0.717) is 30.3 Å². The lowest BCUT2D eigenvalue weighted by Gasteiger charge is -2.30. The first-order valence-corrected chi connectivity index (χ1v) is 12.0. The zero-order valence-electron chi connectivity index (χ0n) is 19.2. The summed E-state index contributed by atoms with van der Waals surface area (Å²) in [6.07, 6.45) is 3.16. The smallest absolute Gasteiger partial charge is 0.275 e. The van der Waals surface area contributed by atoms with Gasteiger partial charge in [0.2, 0.25) is 16.0 Å². The minimum absolute atomic E-state index is 0.0333. The average molecular weight is 472 g/mol. The fourth-order valence-electron chi connectivity index (χ4n) is 4.04. The zero-order chi connectivity index (χ0) is 23.4. The number of ether oxygens (including phenoxy) is 2. The van der Waals surface area contributed by atoms with Crippen molar-refractivity contribution >= 4 is 27.3 Å². The molecule has 9 nitrogen and oxygen atoms in total. The second-order valence-corrected chi connectivity index (χ2v) is 9.01. The number of piperidine rings is 1. The van der Waals surface area contributed by atoms with E-state index in [9.17, 15) is 9.59 Å². The minimum atomic E-state index is -0.145. The Morgan fingerprint density at radius 1 is 1.21 bits per heavy atom. The highest BCUT2D eigenvalue weighted by Gasteiger charge is 2.27. The van der Waals surface area contributed by atoms with E-state index < -0.39 is 0 Å². The van der Waals surface area contributed by atoms with Gasteiger partial charge in [0, 0.05) is 42.9 Å². The van der Waals surface area contributed by atoms with Crippen LogP contribution < -0.4 is 25.2 Å².